The first-order valence-corrected chi connectivity index (χ1v) is 9.85. The van der Waals surface area contributed by atoms with Gasteiger partial charge in [0.2, 0.25) is 0 Å². The normalized spacial score (nSPS) is 18.2. The van der Waals surface area contributed by atoms with Gasteiger partial charge in [-0.2, -0.15) is 0 Å². The van der Waals surface area contributed by atoms with Gasteiger partial charge in [-0.05, 0) is 42.8 Å². The number of benzene rings is 1. The predicted octanol–water partition coefficient (Wildman–Crippen LogP) is 3.44. The number of pyridine rings is 1. The number of aliphatic hydroxyl groups is 1. The Hall–Kier alpha value is -3.45. The molecule has 1 aliphatic heterocycles. The maximum absolute atomic E-state index is 12.9. The summed E-state index contributed by atoms with van der Waals surface area (Å²) in [5, 5.41) is 11.4. The standard InChI is InChI=1S/C22H19ClN4O3/c23-16-7-5-15(6-8-16)20(28)18-19(17-4-1-2-9-25-17)27(22(30)21(18)29)12-3-11-26-13-10-24-14-26/h1-2,4-10,13-14,19,28H,3,11-12H2/b20-18+/t19-/m1/s1. The maximum atomic E-state index is 12.9. The van der Waals surface area contributed by atoms with Gasteiger partial charge < -0.3 is 14.6 Å². The maximum Gasteiger partial charge on any atom is 0.295 e. The van der Waals surface area contributed by atoms with Crippen LogP contribution in [0.4, 0.5) is 0 Å². The highest BCUT2D eigenvalue weighted by molar-refractivity contribution is 6.46. The number of halogens is 1. The molecule has 8 heteroatoms. The first-order chi connectivity index (χ1) is 14.6. The average molecular weight is 423 g/mol. The van der Waals surface area contributed by atoms with Crippen molar-refractivity contribution >= 4 is 29.1 Å². The molecule has 1 aliphatic rings. The smallest absolute Gasteiger partial charge is 0.295 e. The van der Waals surface area contributed by atoms with Gasteiger partial charge in [-0.15, -0.1) is 0 Å². The number of Topliss-reactive ketones (excluding diaryl/α,β-unsaturated/α-hetero) is 1. The summed E-state index contributed by atoms with van der Waals surface area (Å²) in [6.07, 6.45) is 7.44. The van der Waals surface area contributed by atoms with Crippen LogP contribution in [0.25, 0.3) is 5.76 Å². The van der Waals surface area contributed by atoms with Crippen LogP contribution in [0.15, 0.2) is 73.0 Å². The Kier molecular flexibility index (Phi) is 5.63. The monoisotopic (exact) mass is 422 g/mol. The lowest BCUT2D eigenvalue weighted by Crippen LogP contribution is -2.31. The van der Waals surface area contributed by atoms with Gasteiger partial charge in [-0.3, -0.25) is 14.6 Å². The average Bonchev–Trinajstić information content (AvgIpc) is 3.37. The molecular formula is C22H19ClN4O3. The third-order valence-electron chi connectivity index (χ3n) is 5.00. The van der Waals surface area contributed by atoms with Crippen molar-refractivity contribution in [2.75, 3.05) is 6.54 Å². The summed E-state index contributed by atoms with van der Waals surface area (Å²) in [6, 6.07) is 11.0. The number of nitrogens with zero attached hydrogens (tertiary/aromatic N) is 4. The number of aromatic nitrogens is 3. The van der Waals surface area contributed by atoms with Crippen molar-refractivity contribution in [1.29, 1.82) is 0 Å². The van der Waals surface area contributed by atoms with E-state index in [1.54, 1.807) is 61.2 Å². The Labute approximate surface area is 178 Å². The van der Waals surface area contributed by atoms with Crippen LogP contribution in [0.5, 0.6) is 0 Å². The molecule has 152 valence electrons. The van der Waals surface area contributed by atoms with E-state index in [2.05, 4.69) is 9.97 Å². The number of aryl methyl sites for hydroxylation is 1. The summed E-state index contributed by atoms with van der Waals surface area (Å²) in [5.74, 6) is -1.61. The summed E-state index contributed by atoms with van der Waals surface area (Å²) in [4.78, 5) is 35.6. The van der Waals surface area contributed by atoms with Gasteiger partial charge in [0.1, 0.15) is 11.8 Å². The summed E-state index contributed by atoms with van der Waals surface area (Å²) in [5.41, 5.74) is 0.968. The van der Waals surface area contributed by atoms with Gasteiger partial charge in [0.15, 0.2) is 0 Å². The Morgan fingerprint density at radius 2 is 1.87 bits per heavy atom. The second kappa shape index (κ2) is 8.51. The lowest BCUT2D eigenvalue weighted by Gasteiger charge is -2.24. The van der Waals surface area contributed by atoms with Crippen molar-refractivity contribution in [1.82, 2.24) is 19.4 Å². The molecule has 2 aromatic heterocycles. The van der Waals surface area contributed by atoms with Crippen LogP contribution >= 0.6 is 11.6 Å². The third-order valence-corrected chi connectivity index (χ3v) is 5.25. The number of carbonyl (C=O) groups is 2. The highest BCUT2D eigenvalue weighted by Crippen LogP contribution is 2.38. The minimum atomic E-state index is -0.760. The first kappa shape index (κ1) is 19.8. The van der Waals surface area contributed by atoms with E-state index in [0.717, 1.165) is 0 Å². The number of hydrogen-bond acceptors (Lipinski definition) is 5. The van der Waals surface area contributed by atoms with Crippen molar-refractivity contribution in [3.05, 3.63) is 89.2 Å². The first-order valence-electron chi connectivity index (χ1n) is 9.47. The molecule has 1 saturated heterocycles. The van der Waals surface area contributed by atoms with Crippen molar-refractivity contribution in [3.63, 3.8) is 0 Å². The molecule has 1 amide bonds. The van der Waals surface area contributed by atoms with E-state index in [9.17, 15) is 14.7 Å². The lowest BCUT2D eigenvalue weighted by atomic mass is 9.98. The molecular weight excluding hydrogens is 404 g/mol. The number of carbonyl (C=O) groups excluding carboxylic acids is 2. The quantitative estimate of drug-likeness (QED) is 0.373. The topological polar surface area (TPSA) is 88.3 Å². The van der Waals surface area contributed by atoms with E-state index >= 15 is 0 Å². The van der Waals surface area contributed by atoms with E-state index in [1.807, 2.05) is 10.8 Å². The van der Waals surface area contributed by atoms with E-state index in [1.165, 1.54) is 4.90 Å². The van der Waals surface area contributed by atoms with Crippen molar-refractivity contribution in [2.45, 2.75) is 19.0 Å². The summed E-state index contributed by atoms with van der Waals surface area (Å²) in [6.45, 7) is 0.983. The fraction of sp³-hybridized carbons (Fsp3) is 0.182. The molecule has 1 fully saturated rings. The van der Waals surface area contributed by atoms with Crippen molar-refractivity contribution in [3.8, 4) is 0 Å². The van der Waals surface area contributed by atoms with Crippen LogP contribution in [0.1, 0.15) is 23.7 Å². The van der Waals surface area contributed by atoms with Gasteiger partial charge in [-0.1, -0.05) is 17.7 Å². The molecule has 3 aromatic rings. The van der Waals surface area contributed by atoms with Crippen molar-refractivity contribution < 1.29 is 14.7 Å². The number of ketones is 1. The zero-order valence-electron chi connectivity index (χ0n) is 16.0. The van der Waals surface area contributed by atoms with Gasteiger partial charge in [0.25, 0.3) is 11.7 Å². The molecule has 30 heavy (non-hydrogen) atoms. The fourth-order valence-electron chi connectivity index (χ4n) is 3.56. The van der Waals surface area contributed by atoms with Crippen LogP contribution in [-0.4, -0.2) is 42.8 Å². The van der Waals surface area contributed by atoms with Crippen LogP contribution in [-0.2, 0) is 16.1 Å². The van der Waals surface area contributed by atoms with E-state index in [0.29, 0.717) is 35.8 Å². The predicted molar refractivity (Wildman–Crippen MR) is 112 cm³/mol. The molecule has 0 saturated carbocycles. The number of likely N-dealkylation sites (tertiary alicyclic amines) is 1. The molecule has 0 spiro atoms. The largest absolute Gasteiger partial charge is 0.507 e. The zero-order chi connectivity index (χ0) is 21.1. The molecule has 7 nitrogen and oxygen atoms in total. The molecule has 0 radical (unpaired) electrons. The summed E-state index contributed by atoms with van der Waals surface area (Å²) >= 11 is 5.93. The lowest BCUT2D eigenvalue weighted by molar-refractivity contribution is -0.140. The summed E-state index contributed by atoms with van der Waals surface area (Å²) in [7, 11) is 0. The Morgan fingerprint density at radius 3 is 2.53 bits per heavy atom. The van der Waals surface area contributed by atoms with Crippen LogP contribution in [0.3, 0.4) is 0 Å². The second-order valence-corrected chi connectivity index (χ2v) is 7.34. The number of aliphatic hydroxyl groups excluding tert-OH is 1. The minimum Gasteiger partial charge on any atom is -0.507 e. The molecule has 1 aromatic carbocycles. The van der Waals surface area contributed by atoms with Gasteiger partial charge in [0.05, 0.1) is 17.6 Å². The number of imidazole rings is 1. The molecule has 3 heterocycles. The third kappa shape index (κ3) is 3.84. The summed E-state index contributed by atoms with van der Waals surface area (Å²) < 4.78 is 1.90. The number of amides is 1. The van der Waals surface area contributed by atoms with Crippen molar-refractivity contribution in [2.24, 2.45) is 0 Å². The van der Waals surface area contributed by atoms with E-state index in [4.69, 9.17) is 11.6 Å². The Morgan fingerprint density at radius 1 is 1.07 bits per heavy atom. The van der Waals surface area contributed by atoms with Gasteiger partial charge in [0, 0.05) is 42.3 Å². The van der Waals surface area contributed by atoms with E-state index in [-0.39, 0.29) is 11.3 Å². The minimum absolute atomic E-state index is 0.0312. The van der Waals surface area contributed by atoms with Crippen LogP contribution in [0, 0.1) is 0 Å². The Balaban J connectivity index is 1.71. The number of rotatable bonds is 6. The molecule has 4 rings (SSSR count). The fourth-order valence-corrected chi connectivity index (χ4v) is 3.69. The van der Waals surface area contributed by atoms with Gasteiger partial charge in [-0.25, -0.2) is 4.98 Å². The Bertz CT molecular complexity index is 1080. The van der Waals surface area contributed by atoms with Gasteiger partial charge >= 0.3 is 0 Å². The number of hydrogen-bond donors (Lipinski definition) is 1. The molecule has 0 unspecified atom stereocenters. The van der Waals surface area contributed by atoms with Crippen LogP contribution < -0.4 is 0 Å². The zero-order valence-corrected chi connectivity index (χ0v) is 16.7. The highest BCUT2D eigenvalue weighted by Gasteiger charge is 2.46. The molecule has 0 aliphatic carbocycles. The highest BCUT2D eigenvalue weighted by atomic mass is 35.5. The molecule has 1 N–H and O–H groups in total. The molecule has 1 atom stereocenters. The van der Waals surface area contributed by atoms with E-state index < -0.39 is 17.7 Å². The SMILES string of the molecule is O=C1C(=O)N(CCCn2ccnc2)[C@H](c2ccccn2)/C1=C(\O)c1ccc(Cl)cc1. The second-order valence-electron chi connectivity index (χ2n) is 6.91. The van der Waals surface area contributed by atoms with Crippen LogP contribution in [0.2, 0.25) is 5.02 Å². The molecule has 0 bridgehead atoms.